The standard InChI is InChI=1S/C43H81NO6/c1-6-8-10-12-17-24-30-37-48-42(45)34-28-22-16-14-15-20-26-32-41(50-40(3)47-39-36-44(4)5)33-27-21-19-23-29-35-43(46)49-38-31-25-18-13-11-9-7-2/h24-25,30-31,40-41H,6-23,26-29,32-39H2,1-5H3/b30-24-,31-25-. The summed E-state index contributed by atoms with van der Waals surface area (Å²) in [6.45, 7) is 8.84. The molecule has 0 saturated heterocycles. The van der Waals surface area contributed by atoms with Gasteiger partial charge in [0.2, 0.25) is 0 Å². The van der Waals surface area contributed by atoms with Crippen LogP contribution in [-0.4, -0.2) is 69.7 Å². The van der Waals surface area contributed by atoms with Gasteiger partial charge < -0.3 is 23.8 Å². The van der Waals surface area contributed by atoms with Crippen LogP contribution in [0, 0.1) is 0 Å². The highest BCUT2D eigenvalue weighted by Crippen LogP contribution is 2.19. The minimum Gasteiger partial charge on any atom is -0.461 e. The maximum absolute atomic E-state index is 12.0. The molecule has 0 spiro atoms. The van der Waals surface area contributed by atoms with Gasteiger partial charge in [-0.05, 0) is 72.4 Å². The molecule has 0 aromatic rings. The fraction of sp³-hybridized carbons (Fsp3) is 0.860. The van der Waals surface area contributed by atoms with Crippen LogP contribution in [0.5, 0.6) is 0 Å². The van der Waals surface area contributed by atoms with Crippen LogP contribution >= 0.6 is 0 Å². The predicted octanol–water partition coefficient (Wildman–Crippen LogP) is 11.7. The number of allylic oxidation sites excluding steroid dienone is 2. The molecule has 2 unspecified atom stereocenters. The topological polar surface area (TPSA) is 74.3 Å². The van der Waals surface area contributed by atoms with E-state index in [4.69, 9.17) is 18.9 Å². The van der Waals surface area contributed by atoms with Gasteiger partial charge in [-0.1, -0.05) is 141 Å². The number of likely N-dealkylation sites (N-methyl/N-ethyl adjacent to an activating group) is 1. The molecule has 7 nitrogen and oxygen atoms in total. The highest BCUT2D eigenvalue weighted by molar-refractivity contribution is 5.69. The summed E-state index contributed by atoms with van der Waals surface area (Å²) in [6, 6.07) is 0. The van der Waals surface area contributed by atoms with Crippen molar-refractivity contribution >= 4 is 11.9 Å². The van der Waals surface area contributed by atoms with Crippen LogP contribution in [0.25, 0.3) is 0 Å². The van der Waals surface area contributed by atoms with E-state index in [1.165, 1.54) is 83.5 Å². The summed E-state index contributed by atoms with van der Waals surface area (Å²) in [6.07, 6.45) is 37.1. The Hall–Kier alpha value is -1.70. The first-order chi connectivity index (χ1) is 24.4. The third-order valence-corrected chi connectivity index (χ3v) is 9.05. The van der Waals surface area contributed by atoms with E-state index in [1.807, 2.05) is 19.1 Å². The lowest BCUT2D eigenvalue weighted by molar-refractivity contribution is -0.164. The lowest BCUT2D eigenvalue weighted by Gasteiger charge is -2.23. The highest BCUT2D eigenvalue weighted by Gasteiger charge is 2.14. The molecule has 0 aliphatic carbocycles. The summed E-state index contributed by atoms with van der Waals surface area (Å²) in [7, 11) is 4.11. The second-order valence-corrected chi connectivity index (χ2v) is 14.3. The van der Waals surface area contributed by atoms with Gasteiger partial charge in [0, 0.05) is 19.4 Å². The number of hydrogen-bond acceptors (Lipinski definition) is 7. The Morgan fingerprint density at radius 2 is 0.980 bits per heavy atom. The zero-order chi connectivity index (χ0) is 36.8. The van der Waals surface area contributed by atoms with Gasteiger partial charge in [-0.2, -0.15) is 0 Å². The first-order valence-electron chi connectivity index (χ1n) is 20.9. The molecule has 0 fully saturated rings. The third-order valence-electron chi connectivity index (χ3n) is 9.05. The van der Waals surface area contributed by atoms with Gasteiger partial charge in [0.25, 0.3) is 0 Å². The quantitative estimate of drug-likeness (QED) is 0.0274. The van der Waals surface area contributed by atoms with Gasteiger partial charge in [-0.3, -0.25) is 9.59 Å². The Kier molecular flexibility index (Phi) is 37.2. The van der Waals surface area contributed by atoms with E-state index in [9.17, 15) is 9.59 Å². The third kappa shape index (κ3) is 37.6. The van der Waals surface area contributed by atoms with Crippen LogP contribution in [0.2, 0.25) is 0 Å². The number of unbranched alkanes of at least 4 members (excludes halogenated alkanes) is 18. The van der Waals surface area contributed by atoms with E-state index in [1.54, 1.807) is 0 Å². The second-order valence-electron chi connectivity index (χ2n) is 14.3. The van der Waals surface area contributed by atoms with Crippen LogP contribution in [0.1, 0.15) is 188 Å². The fourth-order valence-corrected chi connectivity index (χ4v) is 5.87. The SMILES string of the molecule is CCCCCC/C=C\COC(=O)CCCCCCCCCC(CCCCCCCC(=O)OC/C=C\CCCCCC)OC(C)OCCN(C)C. The van der Waals surface area contributed by atoms with Gasteiger partial charge in [-0.25, -0.2) is 0 Å². The number of carbonyl (C=O) groups excluding carboxylic acids is 2. The number of hydrogen-bond donors (Lipinski definition) is 0. The summed E-state index contributed by atoms with van der Waals surface area (Å²) in [5.74, 6) is -0.150. The molecule has 0 aliphatic rings. The Bertz CT molecular complexity index is 798. The van der Waals surface area contributed by atoms with Crippen molar-refractivity contribution in [1.82, 2.24) is 4.90 Å². The zero-order valence-corrected chi connectivity index (χ0v) is 33.6. The van der Waals surface area contributed by atoms with Crippen molar-refractivity contribution in [2.45, 2.75) is 200 Å². The smallest absolute Gasteiger partial charge is 0.306 e. The molecule has 294 valence electrons. The summed E-state index contributed by atoms with van der Waals surface area (Å²) in [5, 5.41) is 0. The van der Waals surface area contributed by atoms with Gasteiger partial charge in [0.1, 0.15) is 13.2 Å². The molecule has 50 heavy (non-hydrogen) atoms. The molecule has 0 aromatic carbocycles. The van der Waals surface area contributed by atoms with Crippen molar-refractivity contribution < 1.29 is 28.5 Å². The molecular weight excluding hydrogens is 626 g/mol. The van der Waals surface area contributed by atoms with E-state index in [0.29, 0.717) is 32.7 Å². The van der Waals surface area contributed by atoms with Crippen molar-refractivity contribution in [2.24, 2.45) is 0 Å². The first-order valence-corrected chi connectivity index (χ1v) is 20.9. The van der Waals surface area contributed by atoms with Crippen molar-refractivity contribution in [2.75, 3.05) is 40.5 Å². The molecule has 2 atom stereocenters. The molecule has 0 amide bonds. The lowest BCUT2D eigenvalue weighted by atomic mass is 10.0. The number of ether oxygens (including phenoxy) is 4. The first kappa shape index (κ1) is 48.3. The van der Waals surface area contributed by atoms with E-state index in [2.05, 4.69) is 45.0 Å². The normalized spacial score (nSPS) is 13.1. The van der Waals surface area contributed by atoms with Gasteiger partial charge >= 0.3 is 11.9 Å². The zero-order valence-electron chi connectivity index (χ0n) is 33.6. The molecule has 0 bridgehead atoms. The van der Waals surface area contributed by atoms with E-state index < -0.39 is 0 Å². The van der Waals surface area contributed by atoms with Crippen molar-refractivity contribution in [3.63, 3.8) is 0 Å². The molecule has 7 heteroatoms. The molecular formula is C43H81NO6. The Balaban J connectivity index is 4.06. The van der Waals surface area contributed by atoms with Crippen LogP contribution in [0.4, 0.5) is 0 Å². The predicted molar refractivity (Wildman–Crippen MR) is 210 cm³/mol. The van der Waals surface area contributed by atoms with Crippen LogP contribution in [0.15, 0.2) is 24.3 Å². The Morgan fingerprint density at radius 3 is 1.42 bits per heavy atom. The highest BCUT2D eigenvalue weighted by atomic mass is 16.7. The maximum Gasteiger partial charge on any atom is 0.306 e. The fourth-order valence-electron chi connectivity index (χ4n) is 5.87. The Labute approximate surface area is 309 Å². The van der Waals surface area contributed by atoms with Gasteiger partial charge in [0.05, 0.1) is 12.7 Å². The maximum atomic E-state index is 12.0. The molecule has 0 rings (SSSR count). The van der Waals surface area contributed by atoms with Crippen LogP contribution < -0.4 is 0 Å². The van der Waals surface area contributed by atoms with Gasteiger partial charge in [-0.15, -0.1) is 0 Å². The number of carbonyl (C=O) groups is 2. The summed E-state index contributed by atoms with van der Waals surface area (Å²) in [4.78, 5) is 26.1. The average molecular weight is 708 g/mol. The van der Waals surface area contributed by atoms with Crippen molar-refractivity contribution in [3.05, 3.63) is 24.3 Å². The van der Waals surface area contributed by atoms with E-state index in [0.717, 1.165) is 77.2 Å². The lowest BCUT2D eigenvalue weighted by Crippen LogP contribution is -2.26. The second kappa shape index (κ2) is 38.5. The van der Waals surface area contributed by atoms with Crippen molar-refractivity contribution in [3.8, 4) is 0 Å². The van der Waals surface area contributed by atoms with E-state index in [-0.39, 0.29) is 24.3 Å². The summed E-state index contributed by atoms with van der Waals surface area (Å²) < 4.78 is 23.0. The molecule has 0 heterocycles. The molecule has 0 N–H and O–H groups in total. The largest absolute Gasteiger partial charge is 0.461 e. The monoisotopic (exact) mass is 708 g/mol. The minimum atomic E-state index is -0.194. The van der Waals surface area contributed by atoms with Gasteiger partial charge in [0.15, 0.2) is 6.29 Å². The molecule has 0 aromatic heterocycles. The summed E-state index contributed by atoms with van der Waals surface area (Å²) >= 11 is 0. The van der Waals surface area contributed by atoms with Crippen molar-refractivity contribution in [1.29, 1.82) is 0 Å². The molecule has 0 saturated carbocycles. The molecule has 0 aliphatic heterocycles. The number of esters is 2. The van der Waals surface area contributed by atoms with Crippen LogP contribution in [0.3, 0.4) is 0 Å². The molecule has 0 radical (unpaired) electrons. The van der Waals surface area contributed by atoms with E-state index >= 15 is 0 Å². The minimum absolute atomic E-state index is 0.0708. The number of rotatable bonds is 38. The average Bonchev–Trinajstić information content (AvgIpc) is 3.09. The number of nitrogens with zero attached hydrogens (tertiary/aromatic N) is 1. The van der Waals surface area contributed by atoms with Crippen LogP contribution in [-0.2, 0) is 28.5 Å². The summed E-state index contributed by atoms with van der Waals surface area (Å²) in [5.41, 5.74) is 0. The Morgan fingerprint density at radius 1 is 0.560 bits per heavy atom.